The molecule has 1 aromatic carbocycles. The van der Waals surface area contributed by atoms with Crippen LogP contribution in [0.1, 0.15) is 39.0 Å². The number of hydrogen-bond donors (Lipinski definition) is 0. The summed E-state index contributed by atoms with van der Waals surface area (Å²) in [5.41, 5.74) is 2.16. The van der Waals surface area contributed by atoms with Gasteiger partial charge in [-0.25, -0.2) is 4.39 Å². The number of esters is 1. The van der Waals surface area contributed by atoms with Gasteiger partial charge >= 0.3 is 5.97 Å². The Kier molecular flexibility index (Phi) is 7.39. The van der Waals surface area contributed by atoms with Crippen LogP contribution in [0.15, 0.2) is 42.6 Å². The molecule has 0 amide bonds. The van der Waals surface area contributed by atoms with Crippen LogP contribution in [-0.4, -0.2) is 34.6 Å². The van der Waals surface area contributed by atoms with E-state index in [9.17, 15) is 9.18 Å². The fourth-order valence-electron chi connectivity index (χ4n) is 2.88. The van der Waals surface area contributed by atoms with Crippen molar-refractivity contribution in [3.63, 3.8) is 0 Å². The number of ether oxygens (including phenoxy) is 1. The minimum absolute atomic E-state index is 0.198. The Hall–Kier alpha value is -2.14. The first-order valence-electron chi connectivity index (χ1n) is 9.18. The zero-order valence-electron chi connectivity index (χ0n) is 16.1. The van der Waals surface area contributed by atoms with Gasteiger partial charge in [0.05, 0.1) is 13.2 Å². The van der Waals surface area contributed by atoms with E-state index in [4.69, 9.17) is 4.74 Å². The Morgan fingerprint density at radius 1 is 1.19 bits per heavy atom. The van der Waals surface area contributed by atoms with Gasteiger partial charge < -0.3 is 9.30 Å². The van der Waals surface area contributed by atoms with Crippen LogP contribution in [0.4, 0.5) is 4.39 Å². The standard InChI is InChI=1S/C21H29FN2O2/c1-5-26-21(25)15-24(17(4)16(2)3)14-20-7-6-12-23(20)13-18-8-10-19(22)11-9-18/h6-12,16-17H,5,13-15H2,1-4H3. The fraction of sp³-hybridized carbons (Fsp3) is 0.476. The molecule has 2 rings (SSSR count). The number of nitrogens with zero attached hydrogens (tertiary/aromatic N) is 2. The molecule has 0 fully saturated rings. The number of benzene rings is 1. The first-order valence-corrected chi connectivity index (χ1v) is 9.18. The van der Waals surface area contributed by atoms with Crippen LogP contribution in [0.2, 0.25) is 0 Å². The van der Waals surface area contributed by atoms with E-state index in [-0.39, 0.29) is 24.4 Å². The molecular formula is C21H29FN2O2. The predicted octanol–water partition coefficient (Wildman–Crippen LogP) is 4.09. The quantitative estimate of drug-likeness (QED) is 0.632. The van der Waals surface area contributed by atoms with Gasteiger partial charge in [0.1, 0.15) is 5.82 Å². The molecule has 26 heavy (non-hydrogen) atoms. The Labute approximate surface area is 155 Å². The fourth-order valence-corrected chi connectivity index (χ4v) is 2.88. The minimum Gasteiger partial charge on any atom is -0.465 e. The van der Waals surface area contributed by atoms with Crippen LogP contribution >= 0.6 is 0 Å². The van der Waals surface area contributed by atoms with Crippen molar-refractivity contribution in [2.45, 2.75) is 46.8 Å². The molecule has 4 nitrogen and oxygen atoms in total. The van der Waals surface area contributed by atoms with Crippen molar-refractivity contribution in [1.29, 1.82) is 0 Å². The van der Waals surface area contributed by atoms with Crippen LogP contribution in [0.5, 0.6) is 0 Å². The van der Waals surface area contributed by atoms with Gasteiger partial charge in [0.2, 0.25) is 0 Å². The Bertz CT molecular complexity index is 694. The second-order valence-corrected chi connectivity index (χ2v) is 6.95. The third-order valence-corrected chi connectivity index (χ3v) is 4.73. The Morgan fingerprint density at radius 2 is 1.88 bits per heavy atom. The second-order valence-electron chi connectivity index (χ2n) is 6.95. The van der Waals surface area contributed by atoms with Crippen LogP contribution in [0.3, 0.4) is 0 Å². The van der Waals surface area contributed by atoms with Gasteiger partial charge in [-0.2, -0.15) is 0 Å². The Morgan fingerprint density at radius 3 is 2.50 bits per heavy atom. The highest BCUT2D eigenvalue weighted by molar-refractivity contribution is 5.71. The second kappa shape index (κ2) is 9.53. The highest BCUT2D eigenvalue weighted by atomic mass is 19.1. The van der Waals surface area contributed by atoms with Crippen molar-refractivity contribution >= 4 is 5.97 Å². The summed E-state index contributed by atoms with van der Waals surface area (Å²) in [6.07, 6.45) is 2.02. The maximum absolute atomic E-state index is 13.1. The van der Waals surface area contributed by atoms with Crippen molar-refractivity contribution in [2.75, 3.05) is 13.2 Å². The van der Waals surface area contributed by atoms with Gasteiger partial charge in [-0.15, -0.1) is 0 Å². The monoisotopic (exact) mass is 360 g/mol. The van der Waals surface area contributed by atoms with Crippen molar-refractivity contribution in [1.82, 2.24) is 9.47 Å². The molecule has 1 atom stereocenters. The minimum atomic E-state index is -0.229. The van der Waals surface area contributed by atoms with Crippen molar-refractivity contribution in [2.24, 2.45) is 5.92 Å². The highest BCUT2D eigenvalue weighted by Crippen LogP contribution is 2.16. The lowest BCUT2D eigenvalue weighted by molar-refractivity contribution is -0.145. The largest absolute Gasteiger partial charge is 0.465 e. The number of rotatable bonds is 9. The summed E-state index contributed by atoms with van der Waals surface area (Å²) in [6.45, 7) is 10.3. The zero-order valence-corrected chi connectivity index (χ0v) is 16.1. The normalized spacial score (nSPS) is 12.6. The third-order valence-electron chi connectivity index (χ3n) is 4.73. The Balaban J connectivity index is 2.13. The van der Waals surface area contributed by atoms with Gasteiger partial charge in [0.25, 0.3) is 0 Å². The van der Waals surface area contributed by atoms with E-state index in [1.54, 1.807) is 12.1 Å². The average Bonchev–Trinajstić information content (AvgIpc) is 3.02. The molecule has 0 saturated carbocycles. The molecule has 0 aliphatic rings. The summed E-state index contributed by atoms with van der Waals surface area (Å²) in [5, 5.41) is 0. The van der Waals surface area contributed by atoms with Gasteiger partial charge in [0.15, 0.2) is 0 Å². The SMILES string of the molecule is CCOC(=O)CN(Cc1cccn1Cc1ccc(F)cc1)C(C)C(C)C. The van der Waals surface area contributed by atoms with Gasteiger partial charge in [-0.1, -0.05) is 26.0 Å². The molecule has 1 heterocycles. The molecule has 1 aromatic heterocycles. The van der Waals surface area contributed by atoms with E-state index in [2.05, 4.69) is 36.3 Å². The number of aromatic nitrogens is 1. The predicted molar refractivity (Wildman–Crippen MR) is 101 cm³/mol. The first kappa shape index (κ1) is 20.2. The lowest BCUT2D eigenvalue weighted by Gasteiger charge is -2.31. The summed E-state index contributed by atoms with van der Waals surface area (Å²) in [5.74, 6) is -0.00516. The van der Waals surface area contributed by atoms with E-state index in [1.165, 1.54) is 12.1 Å². The van der Waals surface area contributed by atoms with Crippen LogP contribution < -0.4 is 0 Å². The molecule has 1 unspecified atom stereocenters. The maximum atomic E-state index is 13.1. The van der Waals surface area contributed by atoms with E-state index in [0.717, 1.165) is 11.3 Å². The maximum Gasteiger partial charge on any atom is 0.320 e. The van der Waals surface area contributed by atoms with Crippen LogP contribution in [0.25, 0.3) is 0 Å². The summed E-state index contributed by atoms with van der Waals surface area (Å²) < 4.78 is 20.4. The molecule has 142 valence electrons. The number of hydrogen-bond acceptors (Lipinski definition) is 3. The third kappa shape index (κ3) is 5.70. The van der Waals surface area contributed by atoms with Crippen molar-refractivity contribution in [3.8, 4) is 0 Å². The first-order chi connectivity index (χ1) is 12.4. The molecule has 0 N–H and O–H groups in total. The zero-order chi connectivity index (χ0) is 19.1. The van der Waals surface area contributed by atoms with Crippen molar-refractivity contribution < 1.29 is 13.9 Å². The number of halogens is 1. The van der Waals surface area contributed by atoms with Crippen LogP contribution in [0, 0.1) is 11.7 Å². The molecular weight excluding hydrogens is 331 g/mol. The van der Waals surface area contributed by atoms with E-state index < -0.39 is 0 Å². The highest BCUT2D eigenvalue weighted by Gasteiger charge is 2.22. The molecule has 0 bridgehead atoms. The summed E-state index contributed by atoms with van der Waals surface area (Å²) >= 11 is 0. The number of carbonyl (C=O) groups excluding carboxylic acids is 1. The lowest BCUT2D eigenvalue weighted by atomic mass is 10.0. The van der Waals surface area contributed by atoms with E-state index in [1.807, 2.05) is 19.2 Å². The molecule has 5 heteroatoms. The lowest BCUT2D eigenvalue weighted by Crippen LogP contribution is -2.40. The van der Waals surface area contributed by atoms with Gasteiger partial charge in [0, 0.05) is 31.0 Å². The summed E-state index contributed by atoms with van der Waals surface area (Å²) in [6, 6.07) is 10.9. The van der Waals surface area contributed by atoms with Gasteiger partial charge in [-0.3, -0.25) is 9.69 Å². The smallest absolute Gasteiger partial charge is 0.320 e. The van der Waals surface area contributed by atoms with Crippen LogP contribution in [-0.2, 0) is 22.6 Å². The molecule has 0 saturated heterocycles. The molecule has 0 radical (unpaired) electrons. The van der Waals surface area contributed by atoms with Gasteiger partial charge in [-0.05, 0) is 49.6 Å². The topological polar surface area (TPSA) is 34.5 Å². The molecule has 0 spiro atoms. The summed E-state index contributed by atoms with van der Waals surface area (Å²) in [7, 11) is 0. The summed E-state index contributed by atoms with van der Waals surface area (Å²) in [4.78, 5) is 14.2. The molecule has 2 aromatic rings. The van der Waals surface area contributed by atoms with E-state index in [0.29, 0.717) is 25.6 Å². The van der Waals surface area contributed by atoms with E-state index >= 15 is 0 Å². The average molecular weight is 360 g/mol. The molecule has 0 aliphatic carbocycles. The van der Waals surface area contributed by atoms with Crippen molar-refractivity contribution in [3.05, 3.63) is 59.7 Å². The number of carbonyl (C=O) groups is 1. The molecule has 0 aliphatic heterocycles.